The highest BCUT2D eigenvalue weighted by atomic mass is 16.5. The Morgan fingerprint density at radius 3 is 1.97 bits per heavy atom. The topological polar surface area (TPSA) is 96.5 Å². The predicted molar refractivity (Wildman–Crippen MR) is 117 cm³/mol. The third kappa shape index (κ3) is 20.5. The Morgan fingerprint density at radius 1 is 0.759 bits per heavy atom. The number of methoxy groups -OCH3 is 1. The standard InChI is InChI=1S/C22H41N3O4/c1-3-4-14-17-23-22(28)24-18-15-12-10-8-6-5-7-9-11-13-16-20(26)25-19-21(27)29-2/h6,8H,3-5,7,9-19H2,1-2H3,(H,25,26)(H2,23,24,28)/b8-6-. The molecule has 3 N–H and O–H groups in total. The van der Waals surface area contributed by atoms with E-state index in [-0.39, 0.29) is 18.5 Å². The minimum Gasteiger partial charge on any atom is -0.468 e. The van der Waals surface area contributed by atoms with Crippen LogP contribution >= 0.6 is 0 Å². The average molecular weight is 412 g/mol. The minimum atomic E-state index is -0.426. The molecule has 168 valence electrons. The zero-order valence-electron chi connectivity index (χ0n) is 18.4. The molecule has 0 heterocycles. The third-order valence-electron chi connectivity index (χ3n) is 4.50. The normalized spacial score (nSPS) is 10.7. The first-order valence-electron chi connectivity index (χ1n) is 11.1. The van der Waals surface area contributed by atoms with E-state index in [0.717, 1.165) is 83.7 Å². The zero-order valence-corrected chi connectivity index (χ0v) is 18.4. The smallest absolute Gasteiger partial charge is 0.325 e. The van der Waals surface area contributed by atoms with E-state index in [1.807, 2.05) is 0 Å². The van der Waals surface area contributed by atoms with Gasteiger partial charge in [-0.3, -0.25) is 9.59 Å². The quantitative estimate of drug-likeness (QED) is 0.181. The van der Waals surface area contributed by atoms with Crippen molar-refractivity contribution in [3.05, 3.63) is 12.2 Å². The number of hydrogen-bond acceptors (Lipinski definition) is 4. The number of allylic oxidation sites excluding steroid dienone is 2. The van der Waals surface area contributed by atoms with E-state index >= 15 is 0 Å². The van der Waals surface area contributed by atoms with Crippen molar-refractivity contribution in [3.8, 4) is 0 Å². The summed E-state index contributed by atoms with van der Waals surface area (Å²) in [5.74, 6) is -0.525. The molecule has 0 spiro atoms. The van der Waals surface area contributed by atoms with Gasteiger partial charge in [0.05, 0.1) is 7.11 Å². The number of amides is 3. The van der Waals surface area contributed by atoms with Crippen LogP contribution in [0.25, 0.3) is 0 Å². The Morgan fingerprint density at radius 2 is 1.34 bits per heavy atom. The van der Waals surface area contributed by atoms with E-state index < -0.39 is 5.97 Å². The molecule has 0 aromatic rings. The lowest BCUT2D eigenvalue weighted by Crippen LogP contribution is -2.36. The van der Waals surface area contributed by atoms with E-state index in [1.165, 1.54) is 7.11 Å². The molecule has 0 aromatic heterocycles. The van der Waals surface area contributed by atoms with Crippen molar-refractivity contribution in [1.82, 2.24) is 16.0 Å². The summed E-state index contributed by atoms with van der Waals surface area (Å²) in [6.07, 6.45) is 16.5. The van der Waals surface area contributed by atoms with Gasteiger partial charge >= 0.3 is 12.0 Å². The van der Waals surface area contributed by atoms with Crippen molar-refractivity contribution in [1.29, 1.82) is 0 Å². The van der Waals surface area contributed by atoms with Gasteiger partial charge in [0, 0.05) is 19.5 Å². The predicted octanol–water partition coefficient (Wildman–Crippen LogP) is 3.83. The Bertz CT molecular complexity index is 467. The molecule has 0 radical (unpaired) electrons. The first kappa shape index (κ1) is 27.0. The summed E-state index contributed by atoms with van der Waals surface area (Å²) in [6, 6.07) is -0.0578. The van der Waals surface area contributed by atoms with Gasteiger partial charge in [0.25, 0.3) is 0 Å². The van der Waals surface area contributed by atoms with Gasteiger partial charge in [-0.05, 0) is 44.9 Å². The van der Waals surface area contributed by atoms with Crippen molar-refractivity contribution >= 4 is 17.9 Å². The first-order valence-corrected chi connectivity index (χ1v) is 11.1. The number of urea groups is 1. The molecule has 0 saturated heterocycles. The van der Waals surface area contributed by atoms with Crippen LogP contribution in [0.4, 0.5) is 4.79 Å². The van der Waals surface area contributed by atoms with Crippen LogP contribution in [0.1, 0.15) is 84.0 Å². The molecule has 0 saturated carbocycles. The van der Waals surface area contributed by atoms with Gasteiger partial charge in [0.15, 0.2) is 0 Å². The lowest BCUT2D eigenvalue weighted by atomic mass is 10.1. The van der Waals surface area contributed by atoms with Crippen LogP contribution in [-0.2, 0) is 14.3 Å². The summed E-state index contributed by atoms with van der Waals surface area (Å²) >= 11 is 0. The van der Waals surface area contributed by atoms with Gasteiger partial charge in [-0.2, -0.15) is 0 Å². The van der Waals surface area contributed by atoms with Gasteiger partial charge in [0.2, 0.25) is 5.91 Å². The van der Waals surface area contributed by atoms with Gasteiger partial charge in [-0.15, -0.1) is 0 Å². The van der Waals surface area contributed by atoms with E-state index in [2.05, 4.69) is 39.8 Å². The summed E-state index contributed by atoms with van der Waals surface area (Å²) in [4.78, 5) is 33.9. The molecular weight excluding hydrogens is 370 g/mol. The number of rotatable bonds is 18. The molecule has 0 aliphatic rings. The highest BCUT2D eigenvalue weighted by Gasteiger charge is 2.04. The highest BCUT2D eigenvalue weighted by molar-refractivity contribution is 5.81. The summed E-state index contributed by atoms with van der Waals surface area (Å²) in [6.45, 7) is 3.57. The number of carbonyl (C=O) groups excluding carboxylic acids is 3. The lowest BCUT2D eigenvalue weighted by molar-refractivity contribution is -0.141. The van der Waals surface area contributed by atoms with Crippen LogP contribution in [0.15, 0.2) is 12.2 Å². The average Bonchev–Trinajstić information content (AvgIpc) is 2.72. The van der Waals surface area contributed by atoms with Crippen molar-refractivity contribution in [2.75, 3.05) is 26.7 Å². The molecule has 0 aliphatic heterocycles. The van der Waals surface area contributed by atoms with Crippen LogP contribution in [0.2, 0.25) is 0 Å². The van der Waals surface area contributed by atoms with Crippen LogP contribution in [0.5, 0.6) is 0 Å². The van der Waals surface area contributed by atoms with Crippen molar-refractivity contribution < 1.29 is 19.1 Å². The largest absolute Gasteiger partial charge is 0.468 e. The molecule has 7 nitrogen and oxygen atoms in total. The molecule has 0 aromatic carbocycles. The molecule has 0 aliphatic carbocycles. The first-order chi connectivity index (χ1) is 14.1. The number of ether oxygens (including phenoxy) is 1. The zero-order chi connectivity index (χ0) is 21.6. The van der Waals surface area contributed by atoms with Crippen LogP contribution in [0, 0.1) is 0 Å². The number of esters is 1. The molecule has 0 rings (SSSR count). The number of hydrogen-bond donors (Lipinski definition) is 3. The molecule has 29 heavy (non-hydrogen) atoms. The monoisotopic (exact) mass is 411 g/mol. The lowest BCUT2D eigenvalue weighted by Gasteiger charge is -2.06. The van der Waals surface area contributed by atoms with E-state index in [0.29, 0.717) is 6.42 Å². The fourth-order valence-electron chi connectivity index (χ4n) is 2.70. The van der Waals surface area contributed by atoms with Gasteiger partial charge < -0.3 is 20.7 Å². The third-order valence-corrected chi connectivity index (χ3v) is 4.50. The summed E-state index contributed by atoms with van der Waals surface area (Å²) < 4.78 is 4.47. The molecule has 3 amide bonds. The van der Waals surface area contributed by atoms with Crippen molar-refractivity contribution in [2.45, 2.75) is 84.0 Å². The SMILES string of the molecule is CCCCCNC(=O)NCCCC/C=C\CCCCCCC(=O)NCC(=O)OC. The summed E-state index contributed by atoms with van der Waals surface area (Å²) in [5.41, 5.74) is 0. The van der Waals surface area contributed by atoms with E-state index in [1.54, 1.807) is 0 Å². The Labute approximate surface area is 176 Å². The maximum atomic E-state index is 11.5. The van der Waals surface area contributed by atoms with Gasteiger partial charge in [-0.1, -0.05) is 44.8 Å². The molecular formula is C22H41N3O4. The number of nitrogens with one attached hydrogen (secondary N) is 3. The van der Waals surface area contributed by atoms with Gasteiger partial charge in [0.1, 0.15) is 6.54 Å². The molecule has 0 atom stereocenters. The summed E-state index contributed by atoms with van der Waals surface area (Å²) in [5, 5.41) is 8.30. The molecule has 0 unspecified atom stereocenters. The highest BCUT2D eigenvalue weighted by Crippen LogP contribution is 2.06. The van der Waals surface area contributed by atoms with Crippen LogP contribution < -0.4 is 16.0 Å². The fourth-order valence-corrected chi connectivity index (χ4v) is 2.70. The number of carbonyl (C=O) groups is 3. The van der Waals surface area contributed by atoms with Crippen LogP contribution in [0.3, 0.4) is 0 Å². The second kappa shape index (κ2) is 20.7. The number of unbranched alkanes of at least 4 members (excludes halogenated alkanes) is 8. The maximum absolute atomic E-state index is 11.5. The second-order valence-electron chi connectivity index (χ2n) is 7.16. The Kier molecular flexibility index (Phi) is 19.2. The van der Waals surface area contributed by atoms with Crippen molar-refractivity contribution in [3.63, 3.8) is 0 Å². The van der Waals surface area contributed by atoms with E-state index in [9.17, 15) is 14.4 Å². The molecule has 7 heteroatoms. The summed E-state index contributed by atoms with van der Waals surface area (Å²) in [7, 11) is 1.30. The Balaban J connectivity index is 3.33. The second-order valence-corrected chi connectivity index (χ2v) is 7.16. The maximum Gasteiger partial charge on any atom is 0.325 e. The van der Waals surface area contributed by atoms with E-state index in [4.69, 9.17) is 0 Å². The Hall–Kier alpha value is -2.05. The van der Waals surface area contributed by atoms with Crippen molar-refractivity contribution in [2.24, 2.45) is 0 Å². The van der Waals surface area contributed by atoms with Crippen LogP contribution in [-0.4, -0.2) is 44.7 Å². The fraction of sp³-hybridized carbons (Fsp3) is 0.773. The molecule has 0 fully saturated rings. The van der Waals surface area contributed by atoms with Gasteiger partial charge in [-0.25, -0.2) is 4.79 Å². The minimum absolute atomic E-state index is 0.0531. The molecule has 0 bridgehead atoms.